The van der Waals surface area contributed by atoms with Crippen LogP contribution in [0.25, 0.3) is 0 Å². The van der Waals surface area contributed by atoms with Crippen molar-refractivity contribution in [3.63, 3.8) is 0 Å². The number of aromatic nitrogens is 1. The summed E-state index contributed by atoms with van der Waals surface area (Å²) in [6.45, 7) is 0.813. The number of rotatable bonds is 8. The second kappa shape index (κ2) is 10.5. The Morgan fingerprint density at radius 3 is 2.66 bits per heavy atom. The predicted octanol–water partition coefficient (Wildman–Crippen LogP) is 4.82. The van der Waals surface area contributed by atoms with E-state index >= 15 is 0 Å². The number of nitrogens with zero attached hydrogens (tertiary/aromatic N) is 1. The number of pyridine rings is 1. The van der Waals surface area contributed by atoms with E-state index in [-0.39, 0.29) is 12.5 Å². The molecule has 2 aromatic carbocycles. The molecule has 0 unspecified atom stereocenters. The van der Waals surface area contributed by atoms with Gasteiger partial charge in [-0.2, -0.15) is 0 Å². The Morgan fingerprint density at radius 1 is 1.09 bits per heavy atom. The van der Waals surface area contributed by atoms with E-state index in [1.54, 1.807) is 42.2 Å². The smallest absolute Gasteiger partial charge is 0.262 e. The molecule has 9 heteroatoms. The van der Waals surface area contributed by atoms with Gasteiger partial charge in [0.1, 0.15) is 13.2 Å². The molecule has 1 N–H and O–H groups in total. The number of hydrogen-bond acceptors (Lipinski definition) is 7. The first kappa shape index (κ1) is 22.1. The van der Waals surface area contributed by atoms with Gasteiger partial charge in [0.2, 0.25) is 0 Å². The monoisotopic (exact) mass is 472 g/mol. The average molecular weight is 473 g/mol. The van der Waals surface area contributed by atoms with Crippen LogP contribution >= 0.6 is 23.4 Å². The summed E-state index contributed by atoms with van der Waals surface area (Å²) < 4.78 is 22.1. The van der Waals surface area contributed by atoms with Crippen molar-refractivity contribution < 1.29 is 23.7 Å². The molecule has 0 aliphatic carbocycles. The molecule has 0 saturated carbocycles. The van der Waals surface area contributed by atoms with Crippen LogP contribution in [0, 0.1) is 0 Å². The van der Waals surface area contributed by atoms with Crippen molar-refractivity contribution >= 4 is 35.0 Å². The number of hydrogen-bond donors (Lipinski definition) is 1. The number of carbonyl (C=O) groups is 1. The molecule has 0 saturated heterocycles. The molecule has 0 atom stereocenters. The first-order valence-corrected chi connectivity index (χ1v) is 11.2. The molecule has 0 bridgehead atoms. The van der Waals surface area contributed by atoms with Crippen LogP contribution in [-0.2, 0) is 10.5 Å². The minimum absolute atomic E-state index is 0.182. The molecule has 0 radical (unpaired) electrons. The summed E-state index contributed by atoms with van der Waals surface area (Å²) in [6.07, 6.45) is 1.59. The Kier molecular flexibility index (Phi) is 7.24. The fourth-order valence-electron chi connectivity index (χ4n) is 2.96. The molecular weight excluding hydrogens is 452 g/mol. The number of nitrogens with one attached hydrogen (secondary N) is 1. The number of anilines is 1. The number of fused-ring (bicyclic) bond motifs is 1. The highest BCUT2D eigenvalue weighted by atomic mass is 35.5. The molecular formula is C23H21ClN2O5S. The standard InChI is InChI=1S/C23H21ClN2O5S/c1-28-22-12-25-17(14-32-18-5-2-15(24)3-6-18)11-21(22)31-13-23(27)26-16-4-7-19-20(10-16)30-9-8-29-19/h2-7,10-12H,8-9,13-14H2,1H3,(H,26,27). The van der Waals surface area contributed by atoms with Crippen molar-refractivity contribution in [2.45, 2.75) is 10.6 Å². The summed E-state index contributed by atoms with van der Waals surface area (Å²) in [4.78, 5) is 17.9. The number of benzene rings is 2. The van der Waals surface area contributed by atoms with Gasteiger partial charge in [0.15, 0.2) is 29.6 Å². The van der Waals surface area contributed by atoms with E-state index in [0.29, 0.717) is 52.7 Å². The average Bonchev–Trinajstić information content (AvgIpc) is 2.82. The molecule has 1 aliphatic rings. The number of thioether (sulfide) groups is 1. The van der Waals surface area contributed by atoms with E-state index in [9.17, 15) is 4.79 Å². The third kappa shape index (κ3) is 5.77. The molecule has 32 heavy (non-hydrogen) atoms. The van der Waals surface area contributed by atoms with Gasteiger partial charge in [-0.05, 0) is 36.4 Å². The third-order valence-corrected chi connectivity index (χ3v) is 5.79. The van der Waals surface area contributed by atoms with Gasteiger partial charge in [-0.25, -0.2) is 0 Å². The van der Waals surface area contributed by atoms with Crippen LogP contribution in [0.5, 0.6) is 23.0 Å². The quantitative estimate of drug-likeness (QED) is 0.470. The molecule has 1 aromatic heterocycles. The number of methoxy groups -OCH3 is 1. The van der Waals surface area contributed by atoms with E-state index in [1.807, 2.05) is 24.3 Å². The third-order valence-electron chi connectivity index (χ3n) is 4.49. The van der Waals surface area contributed by atoms with Gasteiger partial charge in [-0.3, -0.25) is 9.78 Å². The van der Waals surface area contributed by atoms with Gasteiger partial charge < -0.3 is 24.3 Å². The van der Waals surface area contributed by atoms with Crippen LogP contribution in [0.4, 0.5) is 5.69 Å². The van der Waals surface area contributed by atoms with E-state index in [1.165, 1.54) is 7.11 Å². The van der Waals surface area contributed by atoms with Gasteiger partial charge in [0.25, 0.3) is 5.91 Å². The fourth-order valence-corrected chi connectivity index (χ4v) is 3.89. The maximum absolute atomic E-state index is 12.4. The largest absolute Gasteiger partial charge is 0.491 e. The van der Waals surface area contributed by atoms with Crippen LogP contribution in [0.3, 0.4) is 0 Å². The van der Waals surface area contributed by atoms with E-state index < -0.39 is 0 Å². The minimum atomic E-state index is -0.308. The van der Waals surface area contributed by atoms with Crippen molar-refractivity contribution in [1.29, 1.82) is 0 Å². The first-order valence-electron chi connectivity index (χ1n) is 9.84. The zero-order valence-corrected chi connectivity index (χ0v) is 18.9. The Balaban J connectivity index is 1.35. The minimum Gasteiger partial charge on any atom is -0.491 e. The topological polar surface area (TPSA) is 78.9 Å². The number of carbonyl (C=O) groups excluding carboxylic acids is 1. The van der Waals surface area contributed by atoms with Crippen LogP contribution in [0.2, 0.25) is 5.02 Å². The van der Waals surface area contributed by atoms with Gasteiger partial charge in [0, 0.05) is 33.5 Å². The fraction of sp³-hybridized carbons (Fsp3) is 0.217. The molecule has 0 spiro atoms. The SMILES string of the molecule is COc1cnc(CSc2ccc(Cl)cc2)cc1OCC(=O)Nc1ccc2c(c1)OCCO2. The number of ether oxygens (including phenoxy) is 4. The van der Waals surface area contributed by atoms with Crippen molar-refractivity contribution in [3.05, 3.63) is 65.4 Å². The zero-order valence-electron chi connectivity index (χ0n) is 17.3. The highest BCUT2D eigenvalue weighted by molar-refractivity contribution is 7.98. The lowest BCUT2D eigenvalue weighted by Crippen LogP contribution is -2.21. The number of amides is 1. The summed E-state index contributed by atoms with van der Waals surface area (Å²) in [6, 6.07) is 14.6. The molecule has 1 aliphatic heterocycles. The van der Waals surface area contributed by atoms with Crippen molar-refractivity contribution in [2.75, 3.05) is 32.2 Å². The summed E-state index contributed by atoms with van der Waals surface area (Å²) in [5.74, 6) is 2.50. The lowest BCUT2D eigenvalue weighted by Gasteiger charge is -2.19. The van der Waals surface area contributed by atoms with E-state index in [2.05, 4.69) is 10.3 Å². The van der Waals surface area contributed by atoms with Crippen LogP contribution in [0.1, 0.15) is 5.69 Å². The molecule has 166 valence electrons. The van der Waals surface area contributed by atoms with Crippen molar-refractivity contribution in [1.82, 2.24) is 4.98 Å². The zero-order chi connectivity index (χ0) is 22.3. The molecule has 1 amide bonds. The lowest BCUT2D eigenvalue weighted by atomic mass is 10.2. The van der Waals surface area contributed by atoms with E-state index in [0.717, 1.165) is 10.6 Å². The van der Waals surface area contributed by atoms with Crippen LogP contribution in [0.15, 0.2) is 59.6 Å². The predicted molar refractivity (Wildman–Crippen MR) is 123 cm³/mol. The summed E-state index contributed by atoms with van der Waals surface area (Å²) >= 11 is 7.55. The maximum atomic E-state index is 12.4. The second-order valence-electron chi connectivity index (χ2n) is 6.76. The highest BCUT2D eigenvalue weighted by Crippen LogP contribution is 2.33. The Bertz CT molecular complexity index is 1090. The highest BCUT2D eigenvalue weighted by Gasteiger charge is 2.14. The summed E-state index contributed by atoms with van der Waals surface area (Å²) in [5, 5.41) is 3.49. The van der Waals surface area contributed by atoms with Crippen LogP contribution < -0.4 is 24.3 Å². The Hall–Kier alpha value is -3.10. The van der Waals surface area contributed by atoms with Gasteiger partial charge >= 0.3 is 0 Å². The van der Waals surface area contributed by atoms with Gasteiger partial charge in [-0.1, -0.05) is 11.6 Å². The lowest BCUT2D eigenvalue weighted by molar-refractivity contribution is -0.118. The van der Waals surface area contributed by atoms with Gasteiger partial charge in [0.05, 0.1) is 19.0 Å². The first-order chi connectivity index (χ1) is 15.6. The van der Waals surface area contributed by atoms with Gasteiger partial charge in [-0.15, -0.1) is 11.8 Å². The maximum Gasteiger partial charge on any atom is 0.262 e. The molecule has 3 aromatic rings. The van der Waals surface area contributed by atoms with Crippen molar-refractivity contribution in [2.24, 2.45) is 0 Å². The molecule has 0 fully saturated rings. The summed E-state index contributed by atoms with van der Waals surface area (Å²) in [7, 11) is 1.53. The Morgan fingerprint density at radius 2 is 1.88 bits per heavy atom. The molecule has 2 heterocycles. The normalized spacial score (nSPS) is 12.2. The molecule has 7 nitrogen and oxygen atoms in total. The van der Waals surface area contributed by atoms with E-state index in [4.69, 9.17) is 30.5 Å². The second-order valence-corrected chi connectivity index (χ2v) is 8.25. The summed E-state index contributed by atoms with van der Waals surface area (Å²) in [5.41, 5.74) is 1.40. The van der Waals surface area contributed by atoms with Crippen LogP contribution in [-0.4, -0.2) is 37.8 Å². The van der Waals surface area contributed by atoms with Crippen molar-refractivity contribution in [3.8, 4) is 23.0 Å². The molecule has 4 rings (SSSR count). The Labute approximate surface area is 195 Å². The number of halogens is 1.